The molecule has 4 rings (SSSR count). The number of nitrogens with zero attached hydrogens (tertiary/aromatic N) is 4. The molecule has 0 bridgehead atoms. The van der Waals surface area contributed by atoms with Crippen LogP contribution in [0.15, 0.2) is 18.6 Å². The van der Waals surface area contributed by atoms with E-state index in [1.54, 1.807) is 0 Å². The number of carbonyl (C=O) groups is 3. The number of halogens is 5. The Balaban J connectivity index is 1.68. The summed E-state index contributed by atoms with van der Waals surface area (Å²) in [6.07, 6.45) is 2.65. The Morgan fingerprint density at radius 1 is 1.08 bits per heavy atom. The summed E-state index contributed by atoms with van der Waals surface area (Å²) in [6.45, 7) is -0.761. The number of aromatic nitrogens is 3. The van der Waals surface area contributed by atoms with Crippen molar-refractivity contribution in [3.63, 3.8) is 0 Å². The maximum atomic E-state index is 14.2. The molecule has 1 saturated carbocycles. The van der Waals surface area contributed by atoms with Crippen LogP contribution in [0.1, 0.15) is 77.4 Å². The van der Waals surface area contributed by atoms with E-state index in [1.807, 2.05) is 0 Å². The quantitative estimate of drug-likeness (QED) is 0.508. The maximum absolute atomic E-state index is 14.2. The summed E-state index contributed by atoms with van der Waals surface area (Å²) in [6, 6.07) is -0.976. The third-order valence-electron chi connectivity index (χ3n) is 6.49. The van der Waals surface area contributed by atoms with E-state index < -0.39 is 47.8 Å². The van der Waals surface area contributed by atoms with Crippen LogP contribution in [0.5, 0.6) is 0 Å². The average Bonchev–Trinajstić information content (AvgIpc) is 3.45. The second-order valence-corrected chi connectivity index (χ2v) is 9.85. The molecule has 1 atom stereocenters. The third kappa shape index (κ3) is 5.67. The fourth-order valence-electron chi connectivity index (χ4n) is 4.80. The number of hydrogen-bond acceptors (Lipinski definition) is 5. The Bertz CT molecular complexity index is 1140. The lowest BCUT2D eigenvalue weighted by Crippen LogP contribution is -2.44. The minimum Gasteiger partial charge on any atom is -0.352 e. The van der Waals surface area contributed by atoms with Crippen molar-refractivity contribution in [2.75, 3.05) is 13.1 Å². The smallest absolute Gasteiger partial charge is 0.352 e. The second kappa shape index (κ2) is 10.8. The van der Waals surface area contributed by atoms with Crippen molar-refractivity contribution < 1.29 is 27.6 Å². The van der Waals surface area contributed by atoms with Gasteiger partial charge in [0.05, 0.1) is 40.0 Å². The van der Waals surface area contributed by atoms with Crippen LogP contribution in [-0.4, -0.2) is 56.4 Å². The van der Waals surface area contributed by atoms with Crippen molar-refractivity contribution >= 4 is 40.8 Å². The van der Waals surface area contributed by atoms with Crippen molar-refractivity contribution in [1.29, 1.82) is 0 Å². The van der Waals surface area contributed by atoms with Gasteiger partial charge in [0.1, 0.15) is 0 Å². The molecule has 2 aromatic rings. The van der Waals surface area contributed by atoms with Gasteiger partial charge in [0.25, 0.3) is 5.91 Å². The topological polar surface area (TPSA) is 97.2 Å². The van der Waals surface area contributed by atoms with Crippen LogP contribution in [0.3, 0.4) is 0 Å². The Kier molecular flexibility index (Phi) is 7.89. The van der Waals surface area contributed by atoms with E-state index in [1.165, 1.54) is 12.4 Å². The zero-order valence-electron chi connectivity index (χ0n) is 19.2. The predicted molar refractivity (Wildman–Crippen MR) is 125 cm³/mol. The van der Waals surface area contributed by atoms with E-state index >= 15 is 0 Å². The number of rotatable bonds is 7. The fourth-order valence-corrected chi connectivity index (χ4v) is 5.38. The highest BCUT2D eigenvalue weighted by Crippen LogP contribution is 2.38. The molecule has 36 heavy (non-hydrogen) atoms. The van der Waals surface area contributed by atoms with Crippen molar-refractivity contribution in [1.82, 2.24) is 25.0 Å². The summed E-state index contributed by atoms with van der Waals surface area (Å²) in [7, 11) is 0. The van der Waals surface area contributed by atoms with Crippen LogP contribution in [0, 0.1) is 0 Å². The predicted octanol–water partition coefficient (Wildman–Crippen LogP) is 4.71. The van der Waals surface area contributed by atoms with E-state index in [0.717, 1.165) is 35.0 Å². The van der Waals surface area contributed by atoms with Gasteiger partial charge in [-0.1, -0.05) is 42.5 Å². The first-order chi connectivity index (χ1) is 17.1. The summed E-state index contributed by atoms with van der Waals surface area (Å²) in [5.41, 5.74) is -1.86. The Morgan fingerprint density at radius 2 is 1.75 bits per heavy atom. The van der Waals surface area contributed by atoms with E-state index in [9.17, 15) is 27.6 Å². The molecule has 1 aliphatic carbocycles. The number of carbonyl (C=O) groups excluding carboxylic acids is 3. The molecule has 1 saturated heterocycles. The van der Waals surface area contributed by atoms with E-state index in [0.29, 0.717) is 19.3 Å². The lowest BCUT2D eigenvalue weighted by molar-refractivity contribution is -0.145. The molecule has 3 heterocycles. The summed E-state index contributed by atoms with van der Waals surface area (Å²) < 4.78 is 43.5. The number of hydrogen-bond donors (Lipinski definition) is 1. The maximum Gasteiger partial charge on any atom is 0.433 e. The molecule has 1 aliphatic heterocycles. The SMILES string of the molecule is O=C1CCC(CN(CC(=O)c2c(Cl)cncc2Cl)C(=O)c2cnn(C3CCCCC3)c2C(F)(F)F)N1. The largest absolute Gasteiger partial charge is 0.433 e. The minimum absolute atomic E-state index is 0.0461. The molecule has 2 aromatic heterocycles. The molecular formula is C23H24Cl2F3N5O3. The number of nitrogens with one attached hydrogen (secondary N) is 1. The summed E-state index contributed by atoms with van der Waals surface area (Å²) >= 11 is 12.2. The molecule has 13 heteroatoms. The number of pyridine rings is 1. The highest BCUT2D eigenvalue weighted by Gasteiger charge is 2.43. The molecule has 1 unspecified atom stereocenters. The monoisotopic (exact) mass is 545 g/mol. The molecule has 1 N–H and O–H groups in total. The standard InChI is InChI=1S/C23H24Cl2F3N5O3/c24-16-9-29-10-17(25)20(16)18(34)12-32(11-13-6-7-19(35)31-13)22(36)15-8-30-33(21(15)23(26,27)28)14-4-2-1-3-5-14/h8-10,13-14H,1-7,11-12H2,(H,31,35). The van der Waals surface area contributed by atoms with Crippen LogP contribution in [0.2, 0.25) is 10.0 Å². The second-order valence-electron chi connectivity index (χ2n) is 9.03. The van der Waals surface area contributed by atoms with E-state index in [-0.39, 0.29) is 34.5 Å². The molecule has 194 valence electrons. The van der Waals surface area contributed by atoms with Crippen molar-refractivity contribution in [3.05, 3.63) is 45.5 Å². The molecular weight excluding hydrogens is 522 g/mol. The first-order valence-corrected chi connectivity index (χ1v) is 12.4. The van der Waals surface area contributed by atoms with Gasteiger partial charge in [-0.25, -0.2) is 0 Å². The fraction of sp³-hybridized carbons (Fsp3) is 0.522. The molecule has 0 aromatic carbocycles. The van der Waals surface area contributed by atoms with Gasteiger partial charge < -0.3 is 10.2 Å². The number of amides is 2. The summed E-state index contributed by atoms with van der Waals surface area (Å²) in [4.78, 5) is 43.1. The molecule has 0 radical (unpaired) electrons. The normalized spacial score (nSPS) is 18.8. The minimum atomic E-state index is -4.84. The zero-order chi connectivity index (χ0) is 26.0. The van der Waals surface area contributed by atoms with Crippen molar-refractivity contribution in [3.8, 4) is 0 Å². The van der Waals surface area contributed by atoms with Gasteiger partial charge >= 0.3 is 6.18 Å². The van der Waals surface area contributed by atoms with Gasteiger partial charge in [0.2, 0.25) is 5.91 Å². The number of ketones is 1. The van der Waals surface area contributed by atoms with Gasteiger partial charge in [0, 0.05) is 31.4 Å². The van der Waals surface area contributed by atoms with Gasteiger partial charge in [-0.3, -0.25) is 24.0 Å². The molecule has 0 spiro atoms. The van der Waals surface area contributed by atoms with E-state index in [2.05, 4.69) is 15.4 Å². The molecule has 2 fully saturated rings. The zero-order valence-corrected chi connectivity index (χ0v) is 20.7. The number of alkyl halides is 3. The first kappa shape index (κ1) is 26.4. The highest BCUT2D eigenvalue weighted by molar-refractivity contribution is 6.39. The third-order valence-corrected chi connectivity index (χ3v) is 7.07. The Hall–Kier alpha value is -2.66. The number of Topliss-reactive ketones (excluding diaryl/α,β-unsaturated/α-hetero) is 1. The van der Waals surface area contributed by atoms with Crippen LogP contribution < -0.4 is 5.32 Å². The van der Waals surface area contributed by atoms with Gasteiger partial charge in [-0.05, 0) is 19.3 Å². The molecule has 2 amide bonds. The Morgan fingerprint density at radius 3 is 2.33 bits per heavy atom. The van der Waals surface area contributed by atoms with Crippen molar-refractivity contribution in [2.45, 2.75) is 63.2 Å². The van der Waals surface area contributed by atoms with Crippen LogP contribution in [-0.2, 0) is 11.0 Å². The lowest BCUT2D eigenvalue weighted by atomic mass is 9.95. The first-order valence-electron chi connectivity index (χ1n) is 11.6. The van der Waals surface area contributed by atoms with Crippen LogP contribution in [0.4, 0.5) is 13.2 Å². The average molecular weight is 546 g/mol. The molecule has 8 nitrogen and oxygen atoms in total. The van der Waals surface area contributed by atoms with Crippen molar-refractivity contribution in [2.24, 2.45) is 0 Å². The highest BCUT2D eigenvalue weighted by atomic mass is 35.5. The van der Waals surface area contributed by atoms with Gasteiger partial charge in [0.15, 0.2) is 11.5 Å². The van der Waals surface area contributed by atoms with Crippen LogP contribution in [0.25, 0.3) is 0 Å². The van der Waals surface area contributed by atoms with E-state index in [4.69, 9.17) is 23.2 Å². The van der Waals surface area contributed by atoms with Crippen LogP contribution >= 0.6 is 23.2 Å². The summed E-state index contributed by atoms with van der Waals surface area (Å²) in [5.74, 6) is -1.92. The van der Waals surface area contributed by atoms with Gasteiger partial charge in [-0.15, -0.1) is 0 Å². The lowest BCUT2D eigenvalue weighted by Gasteiger charge is -2.27. The van der Waals surface area contributed by atoms with Gasteiger partial charge in [-0.2, -0.15) is 18.3 Å². The summed E-state index contributed by atoms with van der Waals surface area (Å²) in [5, 5.41) is 6.55. The Labute approximate surface area is 215 Å². The molecule has 2 aliphatic rings.